The summed E-state index contributed by atoms with van der Waals surface area (Å²) in [4.78, 5) is 101. The Morgan fingerprint density at radius 2 is 1.24 bits per heavy atom. The van der Waals surface area contributed by atoms with Crippen LogP contribution in [-0.2, 0) is 57.8 Å². The van der Waals surface area contributed by atoms with E-state index in [2.05, 4.69) is 26.6 Å². The number of amides is 5. The lowest BCUT2D eigenvalue weighted by molar-refractivity contribution is -0.385. The Morgan fingerprint density at radius 1 is 0.744 bits per heavy atom. The van der Waals surface area contributed by atoms with Crippen molar-refractivity contribution in [3.8, 4) is 0 Å². The Balaban J connectivity index is 1.33. The highest BCUT2D eigenvalue weighted by molar-refractivity contribution is 5.81. The molecule has 0 spiro atoms. The predicted octanol–water partition coefficient (Wildman–Crippen LogP) is 2.19. The number of likely N-dealkylation sites (N-methyl/N-ethyl adjacent to an activating group) is 1. The molecule has 2 heterocycles. The maximum absolute atomic E-state index is 14.1. The molecule has 3 aliphatic rings. The van der Waals surface area contributed by atoms with Crippen molar-refractivity contribution in [3.63, 3.8) is 0 Å². The fourth-order valence-electron chi connectivity index (χ4n) is 9.81. The SMILES string of the molecule is CN(C(=O)OC(C)(C)C)[C@@H]1[C@@H](O)[C@@H](O[C@@H]2[C@@H](O)[C@H](C3OC(CNCCO)=CC[C@H]3NC(=O)OCc3ccc([N+](=O)[O-])cc3)[C@@H](NC(=O)OCc3ccc([N+](=O)[O-])cc3)C[C@H]2NC(=O)[C@H](O)CCNC(=O)OCc2ccc([N+](=O)[O-])cc2)OC[C@]1(C)O. The van der Waals surface area contributed by atoms with Crippen molar-refractivity contribution in [1.29, 1.82) is 0 Å². The van der Waals surface area contributed by atoms with Crippen LogP contribution in [0.5, 0.6) is 0 Å². The topological polar surface area (TPSA) is 444 Å². The van der Waals surface area contributed by atoms with Gasteiger partial charge in [0.1, 0.15) is 61.2 Å². The van der Waals surface area contributed by atoms with Gasteiger partial charge in [-0.3, -0.25) is 35.1 Å². The first kappa shape index (κ1) is 66.8. The van der Waals surface area contributed by atoms with E-state index < -0.39 is 149 Å². The molecule has 12 atom stereocenters. The van der Waals surface area contributed by atoms with Crippen LogP contribution in [0.1, 0.15) is 63.6 Å². The summed E-state index contributed by atoms with van der Waals surface area (Å²) < 4.78 is 40.7. The molecule has 1 unspecified atom stereocenters. The van der Waals surface area contributed by atoms with Crippen LogP contribution in [0.2, 0.25) is 0 Å². The van der Waals surface area contributed by atoms with Crippen molar-refractivity contribution >= 4 is 47.3 Å². The van der Waals surface area contributed by atoms with Gasteiger partial charge in [0.05, 0.1) is 58.8 Å². The van der Waals surface area contributed by atoms with Crippen molar-refractivity contribution < 1.29 is 97.4 Å². The summed E-state index contributed by atoms with van der Waals surface area (Å²) in [5.74, 6) is -2.35. The molecule has 2 fully saturated rings. The number of aliphatic hydroxyl groups excluding tert-OH is 4. The molecule has 3 aromatic rings. The first-order valence-corrected chi connectivity index (χ1v) is 27.1. The van der Waals surface area contributed by atoms with Crippen LogP contribution in [0.15, 0.2) is 84.6 Å². The minimum Gasteiger partial charge on any atom is -0.491 e. The Morgan fingerprint density at radius 3 is 1.73 bits per heavy atom. The highest BCUT2D eigenvalue weighted by atomic mass is 16.7. The molecule has 10 N–H and O–H groups in total. The number of rotatable bonds is 24. The number of nitrogens with one attached hydrogen (secondary N) is 5. The van der Waals surface area contributed by atoms with Crippen LogP contribution in [0.3, 0.4) is 0 Å². The van der Waals surface area contributed by atoms with Gasteiger partial charge in [-0.15, -0.1) is 0 Å². The van der Waals surface area contributed by atoms with Gasteiger partial charge in [0, 0.05) is 68.5 Å². The van der Waals surface area contributed by atoms with E-state index >= 15 is 0 Å². The summed E-state index contributed by atoms with van der Waals surface area (Å²) in [5.41, 5.74) is -2.52. The molecule has 0 bridgehead atoms. The Kier molecular flexibility index (Phi) is 23.4. The van der Waals surface area contributed by atoms with Gasteiger partial charge >= 0.3 is 24.4 Å². The van der Waals surface area contributed by atoms with Crippen molar-refractivity contribution in [2.24, 2.45) is 5.92 Å². The lowest BCUT2D eigenvalue weighted by Crippen LogP contribution is -2.71. The quantitative estimate of drug-likeness (QED) is 0.0266. The minimum absolute atomic E-state index is 0.00991. The number of hydrogen-bond donors (Lipinski definition) is 10. The molecule has 32 heteroatoms. The van der Waals surface area contributed by atoms with Crippen LogP contribution in [0.4, 0.5) is 36.2 Å². The number of carbonyl (C=O) groups excluding carboxylic acids is 5. The van der Waals surface area contributed by atoms with Crippen molar-refractivity contribution in [2.75, 3.05) is 39.9 Å². The predicted molar refractivity (Wildman–Crippen MR) is 295 cm³/mol. The Labute approximate surface area is 491 Å². The first-order chi connectivity index (χ1) is 40.6. The van der Waals surface area contributed by atoms with E-state index in [1.54, 1.807) is 26.8 Å². The van der Waals surface area contributed by atoms with Gasteiger partial charge in [0.25, 0.3) is 17.1 Å². The second-order valence-electron chi connectivity index (χ2n) is 21.7. The van der Waals surface area contributed by atoms with E-state index in [0.29, 0.717) is 16.7 Å². The maximum atomic E-state index is 14.1. The van der Waals surface area contributed by atoms with E-state index in [1.165, 1.54) is 86.8 Å². The van der Waals surface area contributed by atoms with E-state index in [1.807, 2.05) is 0 Å². The molecule has 0 radical (unpaired) electrons. The number of hydrogen-bond acceptors (Lipinski definition) is 24. The summed E-state index contributed by atoms with van der Waals surface area (Å²) in [6.45, 7) is 3.85. The highest BCUT2D eigenvalue weighted by Gasteiger charge is 2.56. The van der Waals surface area contributed by atoms with Gasteiger partial charge in [-0.1, -0.05) is 0 Å². The molecule has 86 heavy (non-hydrogen) atoms. The molecule has 5 amide bonds. The molecular weight excluding hydrogens is 1140 g/mol. The lowest BCUT2D eigenvalue weighted by Gasteiger charge is -2.52. The van der Waals surface area contributed by atoms with E-state index in [-0.39, 0.29) is 68.7 Å². The number of non-ortho nitro benzene ring substituents is 3. The van der Waals surface area contributed by atoms with Crippen LogP contribution in [0.25, 0.3) is 0 Å². The maximum Gasteiger partial charge on any atom is 0.410 e. The number of ether oxygens (including phenoxy) is 7. The number of benzene rings is 3. The third-order valence-electron chi connectivity index (χ3n) is 14.0. The molecular formula is C54H71N9O23. The van der Waals surface area contributed by atoms with Crippen molar-refractivity contribution in [2.45, 2.75) is 139 Å². The van der Waals surface area contributed by atoms with Crippen molar-refractivity contribution in [1.82, 2.24) is 31.5 Å². The molecule has 32 nitrogen and oxygen atoms in total. The van der Waals surface area contributed by atoms with Gasteiger partial charge in [0.15, 0.2) is 6.29 Å². The summed E-state index contributed by atoms with van der Waals surface area (Å²) in [6.07, 6.45) is -14.3. The number of nitro benzene ring substituents is 3. The second kappa shape index (κ2) is 30.1. The fraction of sp³-hybridized carbons (Fsp3) is 0.537. The highest BCUT2D eigenvalue weighted by Crippen LogP contribution is 2.39. The zero-order valence-electron chi connectivity index (χ0n) is 47.5. The molecule has 6 rings (SSSR count). The van der Waals surface area contributed by atoms with Gasteiger partial charge in [0.2, 0.25) is 5.91 Å². The third-order valence-corrected chi connectivity index (χ3v) is 14.0. The monoisotopic (exact) mass is 1210 g/mol. The number of carbonyl (C=O) groups is 5. The summed E-state index contributed by atoms with van der Waals surface area (Å²) >= 11 is 0. The van der Waals surface area contributed by atoms with Gasteiger partial charge in [-0.2, -0.15) is 0 Å². The summed E-state index contributed by atoms with van der Waals surface area (Å²) in [5, 5.41) is 105. The number of nitro groups is 3. The molecule has 1 saturated carbocycles. The van der Waals surface area contributed by atoms with Crippen molar-refractivity contribution in [3.05, 3.63) is 132 Å². The number of aliphatic hydroxyl groups is 5. The third kappa shape index (κ3) is 18.8. The van der Waals surface area contributed by atoms with Crippen LogP contribution >= 0.6 is 0 Å². The standard InChI is InChI=1S/C54H71N9O23/c1-53(2,3)86-52(72)60(5)46-43(67)48(83-29-54(46,4)73)85-45-39(57-47(68)40(65)20-21-56-49(69)80-26-30-6-12-33(13-7-30)61(74)75)24-38(59-51(71)82-28-32-10-16-35(17-11-32)63(78)79)41(42(45)66)44-37(19-18-36(84-44)25-55-22-23-64)58-50(70)81-27-31-8-14-34(15-9-31)62(76)77/h6-18,37-46,48,55,64-67,73H,19-29H2,1-5H3,(H,56,69)(H,57,68)(H,58,70)(H,59,71)/t37-,38+,39-,40-,41-,42+,43-,44?,45+,46-,48-,54+/m1/s1. The molecule has 2 aliphatic heterocycles. The van der Waals surface area contributed by atoms with Gasteiger partial charge in [-0.05, 0) is 106 Å². The first-order valence-electron chi connectivity index (χ1n) is 27.1. The van der Waals surface area contributed by atoms with E-state index in [0.717, 1.165) is 4.90 Å². The zero-order chi connectivity index (χ0) is 63.0. The van der Waals surface area contributed by atoms with Crippen LogP contribution in [0, 0.1) is 36.3 Å². The molecule has 1 saturated heterocycles. The van der Waals surface area contributed by atoms with Crippen LogP contribution in [-0.4, -0.2) is 188 Å². The van der Waals surface area contributed by atoms with Gasteiger partial charge in [-0.25, -0.2) is 19.2 Å². The van der Waals surface area contributed by atoms with E-state index in [4.69, 9.17) is 33.2 Å². The smallest absolute Gasteiger partial charge is 0.410 e. The second-order valence-corrected chi connectivity index (χ2v) is 21.7. The van der Waals surface area contributed by atoms with E-state index in [9.17, 15) is 79.8 Å². The average Bonchev–Trinajstić information content (AvgIpc) is 3.64. The average molecular weight is 1210 g/mol. The number of nitrogens with zero attached hydrogens (tertiary/aromatic N) is 4. The largest absolute Gasteiger partial charge is 0.491 e. The zero-order valence-corrected chi connectivity index (χ0v) is 47.5. The lowest BCUT2D eigenvalue weighted by atomic mass is 9.72. The summed E-state index contributed by atoms with van der Waals surface area (Å²) in [7, 11) is 1.25. The minimum atomic E-state index is -1.99. The molecule has 3 aromatic carbocycles. The fourth-order valence-corrected chi connectivity index (χ4v) is 9.81. The molecule has 1 aliphatic carbocycles. The molecule has 470 valence electrons. The summed E-state index contributed by atoms with van der Waals surface area (Å²) in [6, 6.07) is 9.89. The Bertz CT molecular complexity index is 2870. The van der Waals surface area contributed by atoms with Crippen LogP contribution < -0.4 is 26.6 Å². The Hall–Kier alpha value is -8.37. The number of alkyl carbamates (subject to hydrolysis) is 3. The van der Waals surface area contributed by atoms with Gasteiger partial charge < -0.3 is 90.2 Å². The normalized spacial score (nSPS) is 24.9. The molecule has 0 aromatic heterocycles.